The Morgan fingerprint density at radius 1 is 0.909 bits per heavy atom. The maximum Gasteiger partial charge on any atom is 0.417 e. The molecule has 8 heteroatoms. The molecule has 1 aromatic rings. The molecule has 0 fully saturated rings. The topological polar surface area (TPSA) is 55.4 Å². The average Bonchev–Trinajstić information content (AvgIpc) is 2.75. The highest BCUT2D eigenvalue weighted by atomic mass is 19.4. The zero-order chi connectivity index (χ0) is 24.7. The van der Waals surface area contributed by atoms with Crippen LogP contribution in [0.1, 0.15) is 107 Å². The van der Waals surface area contributed by atoms with Crippen molar-refractivity contribution in [1.82, 2.24) is 5.32 Å². The summed E-state index contributed by atoms with van der Waals surface area (Å²) in [7, 11) is 0. The van der Waals surface area contributed by atoms with Gasteiger partial charge in [-0.3, -0.25) is 4.79 Å². The van der Waals surface area contributed by atoms with Gasteiger partial charge in [-0.05, 0) is 25.5 Å². The van der Waals surface area contributed by atoms with Crippen LogP contribution in [0.25, 0.3) is 0 Å². The number of hydrogen-bond acceptors (Lipinski definition) is 3. The molecule has 1 unspecified atom stereocenters. The van der Waals surface area contributed by atoms with Crippen molar-refractivity contribution in [3.63, 3.8) is 0 Å². The van der Waals surface area contributed by atoms with Crippen molar-refractivity contribution in [3.8, 4) is 0 Å². The first-order chi connectivity index (χ1) is 15.7. The third-order valence-electron chi connectivity index (χ3n) is 5.49. The lowest BCUT2D eigenvalue weighted by atomic mass is 10.1. The van der Waals surface area contributed by atoms with Crippen molar-refractivity contribution in [2.45, 2.75) is 103 Å². The van der Waals surface area contributed by atoms with Crippen molar-refractivity contribution in [1.29, 1.82) is 0 Å². The molecular weight excluding hydrogens is 438 g/mol. The summed E-state index contributed by atoms with van der Waals surface area (Å²) >= 11 is 0. The van der Waals surface area contributed by atoms with Crippen LogP contribution >= 0.6 is 0 Å². The Kier molecular flexibility index (Phi) is 13.7. The normalized spacial score (nSPS) is 12.4. The zero-order valence-corrected chi connectivity index (χ0v) is 19.7. The molecule has 1 aromatic carbocycles. The van der Waals surface area contributed by atoms with E-state index in [1.54, 1.807) is 0 Å². The maximum atomic E-state index is 13.9. The van der Waals surface area contributed by atoms with Crippen LogP contribution in [0.2, 0.25) is 0 Å². The highest BCUT2D eigenvalue weighted by Crippen LogP contribution is 2.33. The molecule has 4 nitrogen and oxygen atoms in total. The number of hydrogen-bond donors (Lipinski definition) is 1. The van der Waals surface area contributed by atoms with Gasteiger partial charge < -0.3 is 10.1 Å². The minimum absolute atomic E-state index is 0.171. The Hall–Kier alpha value is -2.12. The standard InChI is InChI=1S/C25H37F4NO3/c1-3-4-5-6-7-8-9-10-11-12-13-14-18-33-24(32)19(2)30-23(31)22-20(25(27,28)29)16-15-17-21(22)26/h15-17,19H,3-14,18H2,1-2H3,(H,30,31). The molecule has 1 rings (SSSR count). The van der Waals surface area contributed by atoms with E-state index in [-0.39, 0.29) is 6.61 Å². The summed E-state index contributed by atoms with van der Waals surface area (Å²) in [6, 6.07) is 1.06. The van der Waals surface area contributed by atoms with Gasteiger partial charge in [-0.1, -0.05) is 83.6 Å². The van der Waals surface area contributed by atoms with E-state index in [0.29, 0.717) is 12.5 Å². The first-order valence-corrected chi connectivity index (χ1v) is 12.0. The van der Waals surface area contributed by atoms with Gasteiger partial charge in [0.2, 0.25) is 0 Å². The van der Waals surface area contributed by atoms with Crippen LogP contribution in [0.3, 0.4) is 0 Å². The van der Waals surface area contributed by atoms with Crippen molar-refractivity contribution >= 4 is 11.9 Å². The number of ether oxygens (including phenoxy) is 1. The molecule has 0 aliphatic carbocycles. The Balaban J connectivity index is 2.23. The van der Waals surface area contributed by atoms with E-state index in [2.05, 4.69) is 12.2 Å². The summed E-state index contributed by atoms with van der Waals surface area (Å²) in [6.07, 6.45) is 9.14. The molecule has 0 aromatic heterocycles. The summed E-state index contributed by atoms with van der Waals surface area (Å²) in [4.78, 5) is 24.2. The third kappa shape index (κ3) is 11.5. The number of esters is 1. The molecule has 0 radical (unpaired) electrons. The van der Waals surface area contributed by atoms with Crippen LogP contribution in [0.4, 0.5) is 17.6 Å². The molecule has 0 aliphatic rings. The van der Waals surface area contributed by atoms with Crippen molar-refractivity contribution in [2.24, 2.45) is 0 Å². The number of nitrogens with one attached hydrogen (secondary N) is 1. The molecule has 0 heterocycles. The number of carbonyl (C=O) groups excluding carboxylic acids is 2. The lowest BCUT2D eigenvalue weighted by molar-refractivity contribution is -0.145. The van der Waals surface area contributed by atoms with Gasteiger partial charge in [0.25, 0.3) is 5.91 Å². The molecule has 0 saturated heterocycles. The zero-order valence-electron chi connectivity index (χ0n) is 19.7. The van der Waals surface area contributed by atoms with Crippen LogP contribution in [0.5, 0.6) is 0 Å². The van der Waals surface area contributed by atoms with E-state index in [0.717, 1.165) is 31.4 Å². The predicted octanol–water partition coefficient (Wildman–Crippen LogP) is 7.21. The molecule has 188 valence electrons. The molecule has 1 amide bonds. The van der Waals surface area contributed by atoms with Crippen LogP contribution in [-0.4, -0.2) is 24.5 Å². The molecule has 0 aliphatic heterocycles. The number of unbranched alkanes of at least 4 members (excludes halogenated alkanes) is 11. The maximum absolute atomic E-state index is 13.9. The van der Waals surface area contributed by atoms with E-state index in [1.807, 2.05) is 0 Å². The van der Waals surface area contributed by atoms with Crippen LogP contribution in [0, 0.1) is 5.82 Å². The van der Waals surface area contributed by atoms with Crippen molar-refractivity contribution in [3.05, 3.63) is 35.1 Å². The summed E-state index contributed by atoms with van der Waals surface area (Å²) in [6.45, 7) is 3.67. The van der Waals surface area contributed by atoms with Gasteiger partial charge in [-0.25, -0.2) is 9.18 Å². The van der Waals surface area contributed by atoms with E-state index in [4.69, 9.17) is 4.74 Å². The smallest absolute Gasteiger partial charge is 0.417 e. The van der Waals surface area contributed by atoms with Gasteiger partial charge in [-0.2, -0.15) is 13.2 Å². The van der Waals surface area contributed by atoms with Gasteiger partial charge in [0.05, 0.1) is 17.7 Å². The fourth-order valence-corrected chi connectivity index (χ4v) is 3.56. The second-order valence-electron chi connectivity index (χ2n) is 8.41. The van der Waals surface area contributed by atoms with E-state index < -0.39 is 41.0 Å². The quantitative estimate of drug-likeness (QED) is 0.156. The molecule has 1 atom stereocenters. The molecule has 33 heavy (non-hydrogen) atoms. The van der Waals surface area contributed by atoms with Gasteiger partial charge in [0.1, 0.15) is 11.9 Å². The van der Waals surface area contributed by atoms with Gasteiger partial charge in [0, 0.05) is 0 Å². The average molecular weight is 476 g/mol. The number of rotatable bonds is 16. The largest absolute Gasteiger partial charge is 0.464 e. The fraction of sp³-hybridized carbons (Fsp3) is 0.680. The predicted molar refractivity (Wildman–Crippen MR) is 120 cm³/mol. The van der Waals surface area contributed by atoms with Crippen LogP contribution in [-0.2, 0) is 15.7 Å². The Bertz CT molecular complexity index is 722. The highest BCUT2D eigenvalue weighted by Gasteiger charge is 2.37. The number of halogens is 4. The van der Waals surface area contributed by atoms with Crippen molar-refractivity contribution in [2.75, 3.05) is 6.61 Å². The monoisotopic (exact) mass is 475 g/mol. The Morgan fingerprint density at radius 3 is 1.94 bits per heavy atom. The van der Waals surface area contributed by atoms with E-state index in [1.165, 1.54) is 58.3 Å². The summed E-state index contributed by atoms with van der Waals surface area (Å²) in [5.41, 5.74) is -2.53. The van der Waals surface area contributed by atoms with Crippen molar-refractivity contribution < 1.29 is 31.9 Å². The second-order valence-corrected chi connectivity index (χ2v) is 8.41. The molecule has 0 bridgehead atoms. The third-order valence-corrected chi connectivity index (χ3v) is 5.49. The second kappa shape index (κ2) is 15.7. The van der Waals surface area contributed by atoms with Gasteiger partial charge in [-0.15, -0.1) is 0 Å². The van der Waals surface area contributed by atoms with Crippen LogP contribution in [0.15, 0.2) is 18.2 Å². The molecule has 0 saturated carbocycles. The first kappa shape index (κ1) is 28.9. The lowest BCUT2D eigenvalue weighted by Gasteiger charge is -2.16. The number of carbonyl (C=O) groups is 2. The van der Waals surface area contributed by atoms with E-state index >= 15 is 0 Å². The summed E-state index contributed by atoms with van der Waals surface area (Å²) in [5, 5.41) is 2.09. The Labute approximate surface area is 194 Å². The van der Waals surface area contributed by atoms with E-state index in [9.17, 15) is 27.2 Å². The summed E-state index contributed by atoms with van der Waals surface area (Å²) in [5.74, 6) is -3.38. The first-order valence-electron chi connectivity index (χ1n) is 12.0. The molecular formula is C25H37F4NO3. The minimum atomic E-state index is -4.90. The number of benzene rings is 1. The van der Waals surface area contributed by atoms with Crippen LogP contribution < -0.4 is 5.32 Å². The molecule has 1 N–H and O–H groups in total. The van der Waals surface area contributed by atoms with Gasteiger partial charge in [0.15, 0.2) is 0 Å². The highest BCUT2D eigenvalue weighted by molar-refractivity contribution is 5.98. The lowest BCUT2D eigenvalue weighted by Crippen LogP contribution is -2.40. The number of amides is 1. The van der Waals surface area contributed by atoms with Gasteiger partial charge >= 0.3 is 12.1 Å². The Morgan fingerprint density at radius 2 is 1.42 bits per heavy atom. The molecule has 0 spiro atoms. The SMILES string of the molecule is CCCCCCCCCCCCCCOC(=O)C(C)NC(=O)c1c(F)cccc1C(F)(F)F. The minimum Gasteiger partial charge on any atom is -0.464 e. The fourth-order valence-electron chi connectivity index (χ4n) is 3.56. The number of alkyl halides is 3. The summed E-state index contributed by atoms with van der Waals surface area (Å²) < 4.78 is 58.2.